The van der Waals surface area contributed by atoms with E-state index in [9.17, 15) is 4.39 Å². The van der Waals surface area contributed by atoms with Gasteiger partial charge in [-0.15, -0.1) is 0 Å². The Labute approximate surface area is 59.7 Å². The van der Waals surface area contributed by atoms with Crippen LogP contribution in [0.1, 0.15) is 27.2 Å². The highest BCUT2D eigenvalue weighted by Crippen LogP contribution is 2.24. The highest BCUT2D eigenvalue weighted by molar-refractivity contribution is 7.18. The summed E-state index contributed by atoms with van der Waals surface area (Å²) in [5.74, 6) is 0. The van der Waals surface area contributed by atoms with Crippen molar-refractivity contribution < 1.29 is 4.39 Å². The van der Waals surface area contributed by atoms with E-state index in [0.29, 0.717) is 6.42 Å². The Morgan fingerprint density at radius 2 is 2.00 bits per heavy atom. The molecular weight excluding hydrogens is 134 g/mol. The Balaban J connectivity index is 0. The molecule has 0 aliphatic carbocycles. The monoisotopic (exact) mass is 150 g/mol. The van der Waals surface area contributed by atoms with Crippen LogP contribution in [0.3, 0.4) is 0 Å². The molecule has 0 radical (unpaired) electrons. The van der Waals surface area contributed by atoms with Gasteiger partial charge in [-0.05, 0) is 6.42 Å². The lowest BCUT2D eigenvalue weighted by Gasteiger charge is -2.09. The molecule has 0 aliphatic rings. The van der Waals surface area contributed by atoms with Crippen LogP contribution in [0.2, 0.25) is 0 Å². The molecule has 0 bridgehead atoms. The quantitative estimate of drug-likeness (QED) is 0.419. The Hall–Kier alpha value is 0.100. The molecule has 0 fully saturated rings. The second-order valence-electron chi connectivity index (χ2n) is 1.48. The third-order valence-corrected chi connectivity index (χ3v) is 1.53. The largest absolute Gasteiger partial charge is 0.235 e. The van der Waals surface area contributed by atoms with E-state index in [1.807, 2.05) is 13.8 Å². The number of rotatable bonds is 2. The zero-order valence-corrected chi connectivity index (χ0v) is 7.60. The zero-order valence-electron chi connectivity index (χ0n) is 6.45. The molecule has 0 aromatic carbocycles. The first-order valence-corrected chi connectivity index (χ1v) is 3.81. The van der Waals surface area contributed by atoms with Gasteiger partial charge in [-0.1, -0.05) is 42.7 Å². The minimum Gasteiger partial charge on any atom is -0.235 e. The van der Waals surface area contributed by atoms with E-state index in [-0.39, 0.29) is 0 Å². The molecule has 0 saturated carbocycles. The maximum absolute atomic E-state index is 12.4. The molecule has 0 aliphatic heterocycles. The molecule has 56 valence electrons. The van der Waals surface area contributed by atoms with Crippen molar-refractivity contribution in [1.82, 2.24) is 0 Å². The van der Waals surface area contributed by atoms with Crippen molar-refractivity contribution in [2.75, 3.05) is 0 Å². The molecule has 0 aromatic rings. The molecule has 0 nitrogen and oxygen atoms in total. The Morgan fingerprint density at radius 1 is 1.67 bits per heavy atom. The van der Waals surface area contributed by atoms with Crippen molar-refractivity contribution in [1.29, 1.82) is 0 Å². The van der Waals surface area contributed by atoms with Gasteiger partial charge in [0.2, 0.25) is 0 Å². The van der Waals surface area contributed by atoms with Gasteiger partial charge in [-0.25, -0.2) is 4.39 Å². The van der Waals surface area contributed by atoms with Crippen LogP contribution in [0.25, 0.3) is 0 Å². The summed E-state index contributed by atoms with van der Waals surface area (Å²) in [6.45, 7) is 9.08. The first-order chi connectivity index (χ1) is 4.12. The molecule has 0 saturated heterocycles. The van der Waals surface area contributed by atoms with Crippen molar-refractivity contribution in [3.63, 3.8) is 0 Å². The fourth-order valence-electron chi connectivity index (χ4n) is 0.144. The standard InChI is InChI=1S/C5H10FP.C2H6/c1-3-5(6,7)4-2;1-2/h3H,1,4,7H2,2H3;1-2H3. The van der Waals surface area contributed by atoms with Crippen LogP contribution in [0, 0.1) is 0 Å². The molecule has 0 amide bonds. The van der Waals surface area contributed by atoms with Gasteiger partial charge in [0, 0.05) is 0 Å². The summed E-state index contributed by atoms with van der Waals surface area (Å²) in [6, 6.07) is 0. The van der Waals surface area contributed by atoms with E-state index in [2.05, 4.69) is 15.8 Å². The number of hydrogen-bond acceptors (Lipinski definition) is 0. The van der Waals surface area contributed by atoms with Gasteiger partial charge in [0.15, 0.2) is 0 Å². The molecule has 0 aromatic heterocycles. The van der Waals surface area contributed by atoms with Crippen molar-refractivity contribution in [3.8, 4) is 0 Å². The van der Waals surface area contributed by atoms with Crippen LogP contribution in [0.15, 0.2) is 12.7 Å². The smallest absolute Gasteiger partial charge is 0.141 e. The number of alkyl halides is 1. The average Bonchev–Trinajstić information content (AvgIpc) is 1.93. The lowest BCUT2D eigenvalue weighted by Crippen LogP contribution is -2.04. The highest BCUT2D eigenvalue weighted by Gasteiger charge is 2.13. The second-order valence-corrected chi connectivity index (χ2v) is 2.44. The van der Waals surface area contributed by atoms with Crippen LogP contribution in [-0.2, 0) is 0 Å². The van der Waals surface area contributed by atoms with Crippen LogP contribution in [0.5, 0.6) is 0 Å². The molecule has 2 unspecified atom stereocenters. The van der Waals surface area contributed by atoms with Crippen LogP contribution in [-0.4, -0.2) is 5.41 Å². The van der Waals surface area contributed by atoms with Gasteiger partial charge in [0.1, 0.15) is 5.41 Å². The fraction of sp³-hybridized carbons (Fsp3) is 0.714. The van der Waals surface area contributed by atoms with Crippen molar-refractivity contribution in [3.05, 3.63) is 12.7 Å². The summed E-state index contributed by atoms with van der Waals surface area (Å²) < 4.78 is 12.4. The minimum absolute atomic E-state index is 0.473. The third kappa shape index (κ3) is 8.10. The van der Waals surface area contributed by atoms with Crippen LogP contribution >= 0.6 is 9.24 Å². The third-order valence-electron chi connectivity index (χ3n) is 0.881. The van der Waals surface area contributed by atoms with E-state index in [1.54, 1.807) is 6.92 Å². The summed E-state index contributed by atoms with van der Waals surface area (Å²) >= 11 is 0. The van der Waals surface area contributed by atoms with Gasteiger partial charge in [-0.3, -0.25) is 0 Å². The van der Waals surface area contributed by atoms with E-state index < -0.39 is 5.41 Å². The first-order valence-electron chi connectivity index (χ1n) is 3.24. The van der Waals surface area contributed by atoms with Crippen molar-refractivity contribution in [2.45, 2.75) is 32.6 Å². The molecule has 9 heavy (non-hydrogen) atoms. The van der Waals surface area contributed by atoms with Crippen molar-refractivity contribution in [2.24, 2.45) is 0 Å². The molecule has 2 atom stereocenters. The van der Waals surface area contributed by atoms with Crippen LogP contribution < -0.4 is 0 Å². The Morgan fingerprint density at radius 3 is 2.00 bits per heavy atom. The Kier molecular flexibility index (Phi) is 8.19. The molecule has 2 heteroatoms. The topological polar surface area (TPSA) is 0 Å². The molecular formula is C7H16FP. The SMILES string of the molecule is C=CC(F)(P)CC.CC. The average molecular weight is 150 g/mol. The minimum atomic E-state index is -1.24. The summed E-state index contributed by atoms with van der Waals surface area (Å²) in [6.07, 6.45) is 1.76. The van der Waals surface area contributed by atoms with Gasteiger partial charge < -0.3 is 0 Å². The first kappa shape index (κ1) is 11.8. The van der Waals surface area contributed by atoms with Gasteiger partial charge in [0.05, 0.1) is 0 Å². The normalized spacial score (nSPS) is 14.8. The maximum Gasteiger partial charge on any atom is 0.141 e. The number of allylic oxidation sites excluding steroid dienone is 1. The van der Waals surface area contributed by atoms with E-state index in [4.69, 9.17) is 0 Å². The molecule has 0 rings (SSSR count). The molecule has 0 heterocycles. The summed E-state index contributed by atoms with van der Waals surface area (Å²) in [7, 11) is 2.08. The summed E-state index contributed by atoms with van der Waals surface area (Å²) in [5, 5.41) is -1.24. The van der Waals surface area contributed by atoms with Gasteiger partial charge in [-0.2, -0.15) is 0 Å². The van der Waals surface area contributed by atoms with Gasteiger partial charge in [0.25, 0.3) is 0 Å². The predicted molar refractivity (Wildman–Crippen MR) is 45.4 cm³/mol. The zero-order chi connectivity index (χ0) is 7.91. The second kappa shape index (κ2) is 6.22. The number of hydrogen-bond donors (Lipinski definition) is 0. The molecule has 0 spiro atoms. The maximum atomic E-state index is 12.4. The van der Waals surface area contributed by atoms with E-state index >= 15 is 0 Å². The summed E-state index contributed by atoms with van der Waals surface area (Å²) in [4.78, 5) is 0. The Bertz CT molecular complexity index is 69.3. The van der Waals surface area contributed by atoms with Gasteiger partial charge >= 0.3 is 0 Å². The van der Waals surface area contributed by atoms with E-state index in [0.717, 1.165) is 0 Å². The fourth-order valence-corrected chi connectivity index (χ4v) is 0.144. The van der Waals surface area contributed by atoms with Crippen LogP contribution in [0.4, 0.5) is 4.39 Å². The predicted octanol–water partition coefficient (Wildman–Crippen LogP) is 3.15. The molecule has 0 N–H and O–H groups in total. The van der Waals surface area contributed by atoms with Crippen molar-refractivity contribution >= 4 is 9.24 Å². The van der Waals surface area contributed by atoms with E-state index in [1.165, 1.54) is 6.08 Å². The highest BCUT2D eigenvalue weighted by atomic mass is 31.0. The summed E-state index contributed by atoms with van der Waals surface area (Å²) in [5.41, 5.74) is 0. The lowest BCUT2D eigenvalue weighted by molar-refractivity contribution is 0.346. The number of halogens is 1. The lowest BCUT2D eigenvalue weighted by atomic mass is 10.3.